The molecule has 0 aromatic carbocycles. The molecule has 0 radical (unpaired) electrons. The van der Waals surface area contributed by atoms with Gasteiger partial charge in [0.05, 0.1) is 18.8 Å². The number of esters is 2. The Hall–Kier alpha value is -1.78. The van der Waals surface area contributed by atoms with Crippen LogP contribution in [0.25, 0.3) is 0 Å². The van der Waals surface area contributed by atoms with E-state index in [1.807, 2.05) is 13.8 Å². The van der Waals surface area contributed by atoms with Crippen molar-refractivity contribution in [3.05, 3.63) is 22.5 Å². The lowest BCUT2D eigenvalue weighted by Crippen LogP contribution is -2.11. The number of ether oxygens (including phenoxy) is 2. The Labute approximate surface area is 113 Å². The summed E-state index contributed by atoms with van der Waals surface area (Å²) in [5.74, 6) is -0.812. The fraction of sp³-hybridized carbons (Fsp3) is 0.571. The van der Waals surface area contributed by atoms with Crippen molar-refractivity contribution in [2.45, 2.75) is 40.5 Å². The summed E-state index contributed by atoms with van der Waals surface area (Å²) in [5.41, 5.74) is 2.24. The van der Waals surface area contributed by atoms with Crippen molar-refractivity contribution in [1.29, 1.82) is 0 Å². The normalized spacial score (nSPS) is 10.3. The molecule has 0 fully saturated rings. The van der Waals surface area contributed by atoms with Crippen molar-refractivity contribution in [3.63, 3.8) is 0 Å². The van der Waals surface area contributed by atoms with E-state index in [1.165, 1.54) is 0 Å². The maximum Gasteiger partial charge on any atom is 0.355 e. The fourth-order valence-corrected chi connectivity index (χ4v) is 2.04. The predicted molar refractivity (Wildman–Crippen MR) is 71.5 cm³/mol. The number of rotatable bonds is 6. The minimum absolute atomic E-state index is 0.303. The monoisotopic (exact) mass is 267 g/mol. The van der Waals surface area contributed by atoms with Gasteiger partial charge in [-0.25, -0.2) is 9.59 Å². The van der Waals surface area contributed by atoms with Crippen molar-refractivity contribution >= 4 is 11.9 Å². The van der Waals surface area contributed by atoms with Gasteiger partial charge in [0, 0.05) is 5.69 Å². The number of nitrogens with one attached hydrogen (secondary N) is 1. The summed E-state index contributed by atoms with van der Waals surface area (Å²) in [6.07, 6.45) is 1.19. The summed E-state index contributed by atoms with van der Waals surface area (Å²) >= 11 is 0. The third-order valence-corrected chi connectivity index (χ3v) is 2.85. The lowest BCUT2D eigenvalue weighted by atomic mass is 10.0. The van der Waals surface area contributed by atoms with E-state index >= 15 is 0 Å². The average molecular weight is 267 g/mol. The number of hydrogen-bond donors (Lipinski definition) is 1. The van der Waals surface area contributed by atoms with Crippen molar-refractivity contribution < 1.29 is 19.1 Å². The molecule has 1 rings (SSSR count). The second kappa shape index (κ2) is 6.97. The van der Waals surface area contributed by atoms with Gasteiger partial charge in [0.15, 0.2) is 0 Å². The van der Waals surface area contributed by atoms with Gasteiger partial charge in [-0.15, -0.1) is 0 Å². The minimum atomic E-state index is -0.426. The Morgan fingerprint density at radius 3 is 2.00 bits per heavy atom. The zero-order chi connectivity index (χ0) is 14.4. The third-order valence-electron chi connectivity index (χ3n) is 2.85. The maximum atomic E-state index is 12.0. The second-order valence-corrected chi connectivity index (χ2v) is 3.98. The SMILES string of the molecule is CCOC(=O)c1[nH]c(CC)c(C(=O)OCC)c1CC. The summed E-state index contributed by atoms with van der Waals surface area (Å²) in [5, 5.41) is 0. The van der Waals surface area contributed by atoms with Crippen LogP contribution >= 0.6 is 0 Å². The zero-order valence-corrected chi connectivity index (χ0v) is 12.0. The van der Waals surface area contributed by atoms with E-state index in [9.17, 15) is 9.59 Å². The van der Waals surface area contributed by atoms with Gasteiger partial charge < -0.3 is 14.5 Å². The van der Waals surface area contributed by atoms with Gasteiger partial charge in [0.1, 0.15) is 5.69 Å². The van der Waals surface area contributed by atoms with Crippen LogP contribution < -0.4 is 0 Å². The van der Waals surface area contributed by atoms with E-state index in [0.717, 1.165) is 5.69 Å². The van der Waals surface area contributed by atoms with Crippen LogP contribution in [-0.2, 0) is 22.3 Å². The molecule has 5 heteroatoms. The standard InChI is InChI=1S/C14H21NO4/c1-5-9-11(13(16)18-7-3)10(6-2)15-12(9)14(17)19-8-4/h15H,5-8H2,1-4H3. The van der Waals surface area contributed by atoms with Crippen molar-refractivity contribution in [1.82, 2.24) is 4.98 Å². The number of aromatic nitrogens is 1. The number of carbonyl (C=O) groups excluding carboxylic acids is 2. The van der Waals surface area contributed by atoms with Gasteiger partial charge in [-0.1, -0.05) is 13.8 Å². The fourth-order valence-electron chi connectivity index (χ4n) is 2.04. The van der Waals surface area contributed by atoms with E-state index in [2.05, 4.69) is 4.98 Å². The van der Waals surface area contributed by atoms with Crippen molar-refractivity contribution in [3.8, 4) is 0 Å². The lowest BCUT2D eigenvalue weighted by Gasteiger charge is -2.05. The van der Waals surface area contributed by atoms with Gasteiger partial charge in [-0.3, -0.25) is 0 Å². The lowest BCUT2D eigenvalue weighted by molar-refractivity contribution is 0.0517. The molecule has 0 saturated heterocycles. The molecule has 0 bridgehead atoms. The molecular weight excluding hydrogens is 246 g/mol. The van der Waals surface area contributed by atoms with Crippen molar-refractivity contribution in [2.24, 2.45) is 0 Å². The molecule has 0 aliphatic heterocycles. The molecule has 5 nitrogen and oxygen atoms in total. The van der Waals surface area contributed by atoms with E-state index in [-0.39, 0.29) is 5.97 Å². The maximum absolute atomic E-state index is 12.0. The summed E-state index contributed by atoms with van der Waals surface area (Å²) in [7, 11) is 0. The molecule has 1 heterocycles. The van der Waals surface area contributed by atoms with Crippen LogP contribution in [0.15, 0.2) is 0 Å². The molecule has 0 aliphatic carbocycles. The van der Waals surface area contributed by atoms with Crippen LogP contribution in [0.2, 0.25) is 0 Å². The van der Waals surface area contributed by atoms with Crippen LogP contribution in [0.3, 0.4) is 0 Å². The van der Waals surface area contributed by atoms with Gasteiger partial charge in [-0.2, -0.15) is 0 Å². The zero-order valence-electron chi connectivity index (χ0n) is 12.0. The van der Waals surface area contributed by atoms with Gasteiger partial charge in [0.2, 0.25) is 0 Å². The Morgan fingerprint density at radius 2 is 1.53 bits per heavy atom. The number of carbonyl (C=O) groups is 2. The number of H-pyrrole nitrogens is 1. The first-order valence-corrected chi connectivity index (χ1v) is 6.68. The molecule has 0 spiro atoms. The largest absolute Gasteiger partial charge is 0.462 e. The third kappa shape index (κ3) is 3.16. The second-order valence-electron chi connectivity index (χ2n) is 3.98. The Balaban J connectivity index is 3.28. The van der Waals surface area contributed by atoms with Crippen LogP contribution in [0, 0.1) is 0 Å². The van der Waals surface area contributed by atoms with Gasteiger partial charge in [-0.05, 0) is 32.3 Å². The van der Waals surface area contributed by atoms with Crippen LogP contribution in [0.4, 0.5) is 0 Å². The van der Waals surface area contributed by atoms with E-state index in [4.69, 9.17) is 9.47 Å². The summed E-state index contributed by atoms with van der Waals surface area (Å²) in [6.45, 7) is 7.94. The molecule has 106 valence electrons. The first-order chi connectivity index (χ1) is 9.10. The smallest absolute Gasteiger partial charge is 0.355 e. The molecule has 0 unspecified atom stereocenters. The highest BCUT2D eigenvalue weighted by molar-refractivity contribution is 5.98. The molecule has 0 atom stereocenters. The minimum Gasteiger partial charge on any atom is -0.462 e. The molecule has 0 saturated carbocycles. The van der Waals surface area contributed by atoms with Crippen molar-refractivity contribution in [2.75, 3.05) is 13.2 Å². The first-order valence-electron chi connectivity index (χ1n) is 6.68. The highest BCUT2D eigenvalue weighted by atomic mass is 16.5. The molecular formula is C14H21NO4. The van der Waals surface area contributed by atoms with Crippen LogP contribution in [0.5, 0.6) is 0 Å². The number of aromatic amines is 1. The summed E-state index contributed by atoms with van der Waals surface area (Å²) in [4.78, 5) is 26.9. The predicted octanol–water partition coefficient (Wildman–Crippen LogP) is 2.49. The Morgan fingerprint density at radius 1 is 0.947 bits per heavy atom. The summed E-state index contributed by atoms with van der Waals surface area (Å²) < 4.78 is 10.1. The molecule has 0 amide bonds. The Kier molecular flexibility index (Phi) is 5.60. The Bertz CT molecular complexity index is 462. The highest BCUT2D eigenvalue weighted by Gasteiger charge is 2.26. The van der Waals surface area contributed by atoms with Crippen LogP contribution in [-0.4, -0.2) is 30.1 Å². The average Bonchev–Trinajstić information content (AvgIpc) is 2.77. The number of hydrogen-bond acceptors (Lipinski definition) is 4. The first kappa shape index (κ1) is 15.3. The molecule has 1 aromatic rings. The number of aryl methyl sites for hydroxylation is 1. The van der Waals surface area contributed by atoms with E-state index in [1.54, 1.807) is 13.8 Å². The quantitative estimate of drug-likeness (QED) is 0.804. The van der Waals surface area contributed by atoms with E-state index < -0.39 is 5.97 Å². The summed E-state index contributed by atoms with van der Waals surface area (Å²) in [6, 6.07) is 0. The molecule has 19 heavy (non-hydrogen) atoms. The van der Waals surface area contributed by atoms with Gasteiger partial charge in [0.25, 0.3) is 0 Å². The van der Waals surface area contributed by atoms with Crippen LogP contribution in [0.1, 0.15) is 59.8 Å². The van der Waals surface area contributed by atoms with Gasteiger partial charge >= 0.3 is 11.9 Å². The molecule has 1 N–H and O–H groups in total. The van der Waals surface area contributed by atoms with E-state index in [0.29, 0.717) is 42.9 Å². The topological polar surface area (TPSA) is 68.4 Å². The molecule has 0 aliphatic rings. The molecule has 1 aromatic heterocycles. The highest BCUT2D eigenvalue weighted by Crippen LogP contribution is 2.22.